The second-order valence-corrected chi connectivity index (χ2v) is 3.68. The van der Waals surface area contributed by atoms with Crippen LogP contribution in [0.25, 0.3) is 0 Å². The van der Waals surface area contributed by atoms with Crippen molar-refractivity contribution in [2.24, 2.45) is 0 Å². The SMILES string of the molecule is CCOC1CC(NC(C)CC#N)C1. The fourth-order valence-corrected chi connectivity index (χ4v) is 1.67. The van der Waals surface area contributed by atoms with Gasteiger partial charge in [0.15, 0.2) is 0 Å². The molecule has 0 aromatic rings. The molecule has 1 fully saturated rings. The van der Waals surface area contributed by atoms with Crippen LogP contribution >= 0.6 is 0 Å². The van der Waals surface area contributed by atoms with E-state index in [0.717, 1.165) is 19.4 Å². The highest BCUT2D eigenvalue weighted by atomic mass is 16.5. The zero-order chi connectivity index (χ0) is 9.68. The first-order chi connectivity index (χ1) is 6.26. The third-order valence-corrected chi connectivity index (χ3v) is 2.41. The minimum atomic E-state index is 0.317. The monoisotopic (exact) mass is 182 g/mol. The average molecular weight is 182 g/mol. The Balaban J connectivity index is 2.04. The van der Waals surface area contributed by atoms with Gasteiger partial charge in [0, 0.05) is 18.7 Å². The van der Waals surface area contributed by atoms with Gasteiger partial charge in [-0.2, -0.15) is 5.26 Å². The van der Waals surface area contributed by atoms with Crippen LogP contribution in [0.5, 0.6) is 0 Å². The molecule has 1 rings (SSSR count). The Labute approximate surface area is 80.1 Å². The number of nitrogens with one attached hydrogen (secondary N) is 1. The zero-order valence-corrected chi connectivity index (χ0v) is 8.42. The second-order valence-electron chi connectivity index (χ2n) is 3.68. The number of rotatable bonds is 5. The van der Waals surface area contributed by atoms with Gasteiger partial charge < -0.3 is 10.1 Å². The minimum Gasteiger partial charge on any atom is -0.378 e. The van der Waals surface area contributed by atoms with Gasteiger partial charge in [0.1, 0.15) is 0 Å². The van der Waals surface area contributed by atoms with Crippen molar-refractivity contribution < 1.29 is 4.74 Å². The Hall–Kier alpha value is -0.590. The Bertz CT molecular complexity index is 182. The summed E-state index contributed by atoms with van der Waals surface area (Å²) < 4.78 is 5.44. The van der Waals surface area contributed by atoms with Gasteiger partial charge in [-0.3, -0.25) is 0 Å². The molecule has 0 spiro atoms. The lowest BCUT2D eigenvalue weighted by molar-refractivity contribution is -0.0118. The summed E-state index contributed by atoms with van der Waals surface area (Å²) >= 11 is 0. The summed E-state index contributed by atoms with van der Waals surface area (Å²) in [4.78, 5) is 0. The van der Waals surface area contributed by atoms with E-state index in [1.54, 1.807) is 0 Å². The molecule has 1 aliphatic carbocycles. The summed E-state index contributed by atoms with van der Waals surface area (Å²) in [6, 6.07) is 3.05. The Morgan fingerprint density at radius 1 is 1.62 bits per heavy atom. The van der Waals surface area contributed by atoms with Crippen molar-refractivity contribution in [2.45, 2.75) is 51.3 Å². The molecular formula is C10H18N2O. The van der Waals surface area contributed by atoms with Gasteiger partial charge in [-0.15, -0.1) is 0 Å². The first kappa shape index (κ1) is 10.5. The standard InChI is InChI=1S/C10H18N2O/c1-3-13-10-6-9(7-10)12-8(2)4-5-11/h8-10,12H,3-4,6-7H2,1-2H3. The number of hydrogen-bond donors (Lipinski definition) is 1. The molecule has 0 bridgehead atoms. The van der Waals surface area contributed by atoms with Crippen LogP contribution in [0, 0.1) is 11.3 Å². The molecule has 74 valence electrons. The summed E-state index contributed by atoms with van der Waals surface area (Å²) in [5.41, 5.74) is 0. The molecule has 3 heteroatoms. The third kappa shape index (κ3) is 3.33. The van der Waals surface area contributed by atoms with E-state index in [0.29, 0.717) is 24.6 Å². The van der Waals surface area contributed by atoms with Crippen molar-refractivity contribution >= 4 is 0 Å². The predicted molar refractivity (Wildman–Crippen MR) is 51.3 cm³/mol. The van der Waals surface area contributed by atoms with Gasteiger partial charge in [0.05, 0.1) is 18.6 Å². The quantitative estimate of drug-likeness (QED) is 0.700. The van der Waals surface area contributed by atoms with E-state index in [-0.39, 0.29) is 0 Å². The molecule has 0 aliphatic heterocycles. The smallest absolute Gasteiger partial charge is 0.0638 e. The van der Waals surface area contributed by atoms with Gasteiger partial charge in [-0.25, -0.2) is 0 Å². The second kappa shape index (κ2) is 5.21. The van der Waals surface area contributed by atoms with Crippen LogP contribution in [0.15, 0.2) is 0 Å². The molecule has 1 atom stereocenters. The lowest BCUT2D eigenvalue weighted by Crippen LogP contribution is -2.48. The number of nitrogens with zero attached hydrogens (tertiary/aromatic N) is 1. The Kier molecular flexibility index (Phi) is 4.20. The Morgan fingerprint density at radius 3 is 2.85 bits per heavy atom. The average Bonchev–Trinajstić information content (AvgIpc) is 2.01. The highest BCUT2D eigenvalue weighted by Gasteiger charge is 2.29. The molecular weight excluding hydrogens is 164 g/mol. The van der Waals surface area contributed by atoms with E-state index in [2.05, 4.69) is 18.3 Å². The van der Waals surface area contributed by atoms with E-state index in [1.165, 1.54) is 0 Å². The van der Waals surface area contributed by atoms with E-state index < -0.39 is 0 Å². The fraction of sp³-hybridized carbons (Fsp3) is 0.900. The molecule has 13 heavy (non-hydrogen) atoms. The maximum Gasteiger partial charge on any atom is 0.0638 e. The van der Waals surface area contributed by atoms with E-state index in [4.69, 9.17) is 10.00 Å². The largest absolute Gasteiger partial charge is 0.378 e. The summed E-state index contributed by atoms with van der Waals surface area (Å²) in [6.45, 7) is 4.89. The molecule has 1 unspecified atom stereocenters. The zero-order valence-electron chi connectivity index (χ0n) is 8.42. The summed E-state index contributed by atoms with van der Waals surface area (Å²) in [5, 5.41) is 11.9. The van der Waals surface area contributed by atoms with Crippen LogP contribution in [0.3, 0.4) is 0 Å². The molecule has 1 saturated carbocycles. The van der Waals surface area contributed by atoms with Crippen molar-refractivity contribution in [3.8, 4) is 6.07 Å². The lowest BCUT2D eigenvalue weighted by Gasteiger charge is -2.37. The van der Waals surface area contributed by atoms with Crippen LogP contribution in [-0.4, -0.2) is 24.8 Å². The van der Waals surface area contributed by atoms with Gasteiger partial charge in [-0.1, -0.05) is 0 Å². The molecule has 1 N–H and O–H groups in total. The Morgan fingerprint density at radius 2 is 2.31 bits per heavy atom. The van der Waals surface area contributed by atoms with Gasteiger partial charge >= 0.3 is 0 Å². The maximum absolute atomic E-state index is 8.46. The van der Waals surface area contributed by atoms with Crippen LogP contribution in [0.2, 0.25) is 0 Å². The van der Waals surface area contributed by atoms with Crippen LogP contribution in [-0.2, 0) is 4.74 Å². The van der Waals surface area contributed by atoms with Crippen molar-refractivity contribution in [2.75, 3.05) is 6.61 Å². The maximum atomic E-state index is 8.46. The molecule has 0 heterocycles. The highest BCUT2D eigenvalue weighted by Crippen LogP contribution is 2.23. The van der Waals surface area contributed by atoms with Crippen molar-refractivity contribution in [3.05, 3.63) is 0 Å². The van der Waals surface area contributed by atoms with E-state index in [1.807, 2.05) is 6.92 Å². The minimum absolute atomic E-state index is 0.317. The molecule has 0 aromatic carbocycles. The summed E-state index contributed by atoms with van der Waals surface area (Å²) in [5.74, 6) is 0. The van der Waals surface area contributed by atoms with E-state index >= 15 is 0 Å². The first-order valence-corrected chi connectivity index (χ1v) is 5.00. The van der Waals surface area contributed by atoms with E-state index in [9.17, 15) is 0 Å². The van der Waals surface area contributed by atoms with Crippen LogP contribution < -0.4 is 5.32 Å². The molecule has 0 amide bonds. The molecule has 0 aromatic heterocycles. The molecule has 1 aliphatic rings. The van der Waals surface area contributed by atoms with Crippen molar-refractivity contribution in [1.82, 2.24) is 5.32 Å². The highest BCUT2D eigenvalue weighted by molar-refractivity contribution is 4.89. The summed E-state index contributed by atoms with van der Waals surface area (Å²) in [6.07, 6.45) is 3.25. The van der Waals surface area contributed by atoms with Gasteiger partial charge in [-0.05, 0) is 26.7 Å². The molecule has 0 radical (unpaired) electrons. The summed E-state index contributed by atoms with van der Waals surface area (Å²) in [7, 11) is 0. The number of nitriles is 1. The normalized spacial score (nSPS) is 29.0. The van der Waals surface area contributed by atoms with Gasteiger partial charge in [0.2, 0.25) is 0 Å². The van der Waals surface area contributed by atoms with Gasteiger partial charge in [0.25, 0.3) is 0 Å². The first-order valence-electron chi connectivity index (χ1n) is 5.00. The van der Waals surface area contributed by atoms with Crippen molar-refractivity contribution in [1.29, 1.82) is 5.26 Å². The number of ether oxygens (including phenoxy) is 1. The third-order valence-electron chi connectivity index (χ3n) is 2.41. The predicted octanol–water partition coefficient (Wildman–Crippen LogP) is 1.45. The van der Waals surface area contributed by atoms with Crippen molar-refractivity contribution in [3.63, 3.8) is 0 Å². The van der Waals surface area contributed by atoms with Crippen LogP contribution in [0.1, 0.15) is 33.1 Å². The lowest BCUT2D eigenvalue weighted by atomic mass is 9.88. The fourth-order valence-electron chi connectivity index (χ4n) is 1.67. The number of hydrogen-bond acceptors (Lipinski definition) is 3. The molecule has 3 nitrogen and oxygen atoms in total. The van der Waals surface area contributed by atoms with Crippen LogP contribution in [0.4, 0.5) is 0 Å². The molecule has 0 saturated heterocycles. The topological polar surface area (TPSA) is 45.0 Å².